The minimum Gasteiger partial charge on any atom is -0.280 e. The molecule has 1 N–H and O–H groups in total. The van der Waals surface area contributed by atoms with E-state index in [-0.39, 0.29) is 21.6 Å². The van der Waals surface area contributed by atoms with E-state index in [0.29, 0.717) is 6.07 Å². The molecule has 0 atom stereocenters. The summed E-state index contributed by atoms with van der Waals surface area (Å²) in [5.41, 5.74) is -1.20. The van der Waals surface area contributed by atoms with Crippen LogP contribution in [0.15, 0.2) is 35.2 Å². The number of alkyl halides is 3. The summed E-state index contributed by atoms with van der Waals surface area (Å²) >= 11 is 11.3. The zero-order valence-electron chi connectivity index (χ0n) is 11.4. The molecule has 23 heavy (non-hydrogen) atoms. The van der Waals surface area contributed by atoms with Crippen LogP contribution < -0.4 is 4.72 Å². The maximum Gasteiger partial charge on any atom is 0.416 e. The summed E-state index contributed by atoms with van der Waals surface area (Å²) in [6, 6.07) is 5.42. The number of benzene rings is 1. The fourth-order valence-electron chi connectivity index (χ4n) is 1.80. The van der Waals surface area contributed by atoms with Crippen LogP contribution >= 0.6 is 23.2 Å². The Labute approximate surface area is 140 Å². The van der Waals surface area contributed by atoms with Crippen LogP contribution in [0.25, 0.3) is 0 Å². The number of rotatable bonds is 3. The van der Waals surface area contributed by atoms with Gasteiger partial charge in [-0.05, 0) is 36.8 Å². The van der Waals surface area contributed by atoms with Crippen molar-refractivity contribution in [2.75, 3.05) is 4.72 Å². The van der Waals surface area contributed by atoms with E-state index in [2.05, 4.69) is 4.98 Å². The summed E-state index contributed by atoms with van der Waals surface area (Å²) in [7, 11) is -4.21. The van der Waals surface area contributed by atoms with Gasteiger partial charge in [0.05, 0.1) is 5.56 Å². The first kappa shape index (κ1) is 17.8. The molecular weight excluding hydrogens is 376 g/mol. The molecule has 0 bridgehead atoms. The average Bonchev–Trinajstić information content (AvgIpc) is 2.39. The Morgan fingerprint density at radius 1 is 1.13 bits per heavy atom. The minimum atomic E-state index is -4.59. The molecule has 4 nitrogen and oxygen atoms in total. The van der Waals surface area contributed by atoms with E-state index in [1.54, 1.807) is 0 Å². The van der Waals surface area contributed by atoms with Crippen LogP contribution in [0.4, 0.5) is 18.9 Å². The summed E-state index contributed by atoms with van der Waals surface area (Å²) < 4.78 is 65.1. The van der Waals surface area contributed by atoms with Gasteiger partial charge in [-0.1, -0.05) is 29.3 Å². The van der Waals surface area contributed by atoms with Gasteiger partial charge in [-0.25, -0.2) is 13.4 Å². The second-order valence-corrected chi connectivity index (χ2v) is 6.95. The van der Waals surface area contributed by atoms with E-state index < -0.39 is 26.7 Å². The zero-order chi connectivity index (χ0) is 17.4. The smallest absolute Gasteiger partial charge is 0.280 e. The van der Waals surface area contributed by atoms with E-state index >= 15 is 0 Å². The van der Waals surface area contributed by atoms with Crippen LogP contribution in [0.3, 0.4) is 0 Å². The molecule has 0 saturated heterocycles. The van der Waals surface area contributed by atoms with Crippen molar-refractivity contribution in [1.29, 1.82) is 0 Å². The predicted molar refractivity (Wildman–Crippen MR) is 81.2 cm³/mol. The number of aryl methyl sites for hydroxylation is 1. The van der Waals surface area contributed by atoms with Gasteiger partial charge in [0.25, 0.3) is 10.0 Å². The summed E-state index contributed by atoms with van der Waals surface area (Å²) in [5.74, 6) is 0. The van der Waals surface area contributed by atoms with E-state index in [1.807, 2.05) is 4.72 Å². The van der Waals surface area contributed by atoms with E-state index in [9.17, 15) is 21.6 Å². The lowest BCUT2D eigenvalue weighted by atomic mass is 10.1. The highest BCUT2D eigenvalue weighted by molar-refractivity contribution is 7.92. The molecule has 0 saturated carbocycles. The van der Waals surface area contributed by atoms with Gasteiger partial charge in [0, 0.05) is 5.69 Å². The Morgan fingerprint density at radius 3 is 2.35 bits per heavy atom. The summed E-state index contributed by atoms with van der Waals surface area (Å²) in [6.07, 6.45) is -4.59. The fraction of sp³-hybridized carbons (Fsp3) is 0.154. The van der Waals surface area contributed by atoms with Crippen LogP contribution in [0.2, 0.25) is 10.3 Å². The van der Waals surface area contributed by atoms with Gasteiger partial charge in [0.15, 0.2) is 5.15 Å². The number of hydrogen-bond donors (Lipinski definition) is 1. The Hall–Kier alpha value is -1.51. The molecule has 0 aliphatic rings. The van der Waals surface area contributed by atoms with Gasteiger partial charge in [-0.2, -0.15) is 13.2 Å². The molecule has 0 aliphatic heterocycles. The highest BCUT2D eigenvalue weighted by Crippen LogP contribution is 2.34. The second kappa shape index (κ2) is 6.18. The molecule has 0 fully saturated rings. The van der Waals surface area contributed by atoms with Crippen molar-refractivity contribution in [3.8, 4) is 0 Å². The standard InChI is InChI=1S/C13H9Cl2F3N2O2S/c1-7-2-3-8(6-9(7)13(16,17)18)20-23(21,22)10-4-5-11(14)19-12(10)15/h2-6,20H,1H3. The topological polar surface area (TPSA) is 59.1 Å². The third-order valence-corrected chi connectivity index (χ3v) is 4.89. The van der Waals surface area contributed by atoms with E-state index in [0.717, 1.165) is 6.07 Å². The number of sulfonamides is 1. The van der Waals surface area contributed by atoms with Gasteiger partial charge in [0.1, 0.15) is 10.0 Å². The van der Waals surface area contributed by atoms with Crippen LogP contribution in [0, 0.1) is 6.92 Å². The van der Waals surface area contributed by atoms with Gasteiger partial charge in [-0.15, -0.1) is 0 Å². The molecule has 0 aliphatic carbocycles. The minimum absolute atomic E-state index is 0.0105. The van der Waals surface area contributed by atoms with E-state index in [1.165, 1.54) is 25.1 Å². The first-order valence-electron chi connectivity index (χ1n) is 6.03. The normalized spacial score (nSPS) is 12.3. The van der Waals surface area contributed by atoms with Gasteiger partial charge in [-0.3, -0.25) is 4.72 Å². The molecule has 2 rings (SSSR count). The van der Waals surface area contributed by atoms with Crippen molar-refractivity contribution in [2.45, 2.75) is 18.0 Å². The fourth-order valence-corrected chi connectivity index (χ4v) is 3.51. The quantitative estimate of drug-likeness (QED) is 0.791. The number of hydrogen-bond acceptors (Lipinski definition) is 3. The largest absolute Gasteiger partial charge is 0.416 e. The number of pyridine rings is 1. The number of nitrogens with one attached hydrogen (secondary N) is 1. The van der Waals surface area contributed by atoms with Crippen LogP contribution in [0.5, 0.6) is 0 Å². The number of nitrogens with zero attached hydrogens (tertiary/aromatic N) is 1. The molecule has 1 heterocycles. The lowest BCUT2D eigenvalue weighted by molar-refractivity contribution is -0.138. The number of anilines is 1. The summed E-state index contributed by atoms with van der Waals surface area (Å²) in [5, 5.41) is -0.392. The first-order chi connectivity index (χ1) is 10.5. The van der Waals surface area contributed by atoms with Gasteiger partial charge in [0.2, 0.25) is 0 Å². The first-order valence-corrected chi connectivity index (χ1v) is 8.27. The van der Waals surface area contributed by atoms with Crippen molar-refractivity contribution >= 4 is 38.9 Å². The highest BCUT2D eigenvalue weighted by atomic mass is 35.5. The molecule has 2 aromatic rings. The molecule has 1 aromatic heterocycles. The maximum absolute atomic E-state index is 12.9. The lowest BCUT2D eigenvalue weighted by Gasteiger charge is -2.14. The molecule has 124 valence electrons. The third-order valence-electron chi connectivity index (χ3n) is 2.87. The van der Waals surface area contributed by atoms with Crippen molar-refractivity contribution < 1.29 is 21.6 Å². The average molecular weight is 385 g/mol. The Kier molecular flexibility index (Phi) is 4.79. The molecular formula is C13H9Cl2F3N2O2S. The summed E-state index contributed by atoms with van der Waals surface area (Å²) in [6.45, 7) is 1.28. The molecule has 0 spiro atoms. The van der Waals surface area contributed by atoms with Crippen molar-refractivity contribution in [3.05, 3.63) is 51.8 Å². The molecule has 10 heteroatoms. The van der Waals surface area contributed by atoms with Crippen LogP contribution in [0.1, 0.15) is 11.1 Å². The number of aromatic nitrogens is 1. The Morgan fingerprint density at radius 2 is 1.78 bits per heavy atom. The monoisotopic (exact) mass is 384 g/mol. The lowest BCUT2D eigenvalue weighted by Crippen LogP contribution is -2.15. The third kappa shape index (κ3) is 4.07. The predicted octanol–water partition coefficient (Wildman–Crippen LogP) is 4.52. The van der Waals surface area contributed by atoms with Crippen molar-refractivity contribution in [3.63, 3.8) is 0 Å². The Bertz CT molecular complexity index is 855. The SMILES string of the molecule is Cc1ccc(NS(=O)(=O)c2ccc(Cl)nc2Cl)cc1C(F)(F)F. The van der Waals surface area contributed by atoms with Crippen LogP contribution in [-0.2, 0) is 16.2 Å². The van der Waals surface area contributed by atoms with Gasteiger partial charge < -0.3 is 0 Å². The Balaban J connectivity index is 2.42. The second-order valence-electron chi connectivity index (χ2n) is 4.56. The molecule has 1 aromatic carbocycles. The zero-order valence-corrected chi connectivity index (χ0v) is 13.8. The molecule has 0 unspecified atom stereocenters. The molecule has 0 amide bonds. The van der Waals surface area contributed by atoms with Gasteiger partial charge >= 0.3 is 6.18 Å². The highest BCUT2D eigenvalue weighted by Gasteiger charge is 2.33. The van der Waals surface area contributed by atoms with Crippen LogP contribution in [-0.4, -0.2) is 13.4 Å². The summed E-state index contributed by atoms with van der Waals surface area (Å²) in [4.78, 5) is 3.19. The van der Waals surface area contributed by atoms with Crippen molar-refractivity contribution in [2.24, 2.45) is 0 Å². The van der Waals surface area contributed by atoms with E-state index in [4.69, 9.17) is 23.2 Å². The van der Waals surface area contributed by atoms with Crippen molar-refractivity contribution in [1.82, 2.24) is 4.98 Å². The molecule has 0 radical (unpaired) electrons. The maximum atomic E-state index is 12.9. The number of halogens is 5.